The quantitative estimate of drug-likeness (QED) is 0.563. The highest BCUT2D eigenvalue weighted by Gasteiger charge is 2.38. The Labute approximate surface area is 126 Å². The van der Waals surface area contributed by atoms with Gasteiger partial charge in [-0.2, -0.15) is 0 Å². The van der Waals surface area contributed by atoms with Crippen molar-refractivity contribution in [1.82, 2.24) is 10.4 Å². The molecule has 0 saturated carbocycles. The molecule has 1 atom stereocenters. The summed E-state index contributed by atoms with van der Waals surface area (Å²) < 4.78 is 0. The maximum Gasteiger partial charge on any atom is 0.0591 e. The van der Waals surface area contributed by atoms with E-state index in [4.69, 9.17) is 11.6 Å². The molecule has 0 amide bonds. The van der Waals surface area contributed by atoms with Crippen molar-refractivity contribution in [2.45, 2.75) is 38.1 Å². The van der Waals surface area contributed by atoms with Crippen molar-refractivity contribution in [3.05, 3.63) is 59.9 Å². The summed E-state index contributed by atoms with van der Waals surface area (Å²) in [5, 5.41) is 0. The van der Waals surface area contributed by atoms with E-state index < -0.39 is 0 Å². The second-order valence-electron chi connectivity index (χ2n) is 5.33. The lowest BCUT2D eigenvalue weighted by molar-refractivity contribution is 0.277. The van der Waals surface area contributed by atoms with Crippen molar-refractivity contribution < 1.29 is 0 Å². The van der Waals surface area contributed by atoms with Gasteiger partial charge in [-0.25, -0.2) is 0 Å². The third kappa shape index (κ3) is 2.77. The summed E-state index contributed by atoms with van der Waals surface area (Å²) in [4.78, 5) is 4.21. The number of nitrogen functional groups attached to an aromatic ring is 1. The first-order valence-corrected chi connectivity index (χ1v) is 7.40. The fourth-order valence-corrected chi connectivity index (χ4v) is 3.21. The Morgan fingerprint density at radius 3 is 2.33 bits per heavy atom. The van der Waals surface area contributed by atoms with Crippen molar-refractivity contribution >= 4 is 5.69 Å². The highest BCUT2D eigenvalue weighted by molar-refractivity contribution is 5.49. The van der Waals surface area contributed by atoms with Crippen LogP contribution >= 0.6 is 0 Å². The van der Waals surface area contributed by atoms with Crippen molar-refractivity contribution in [1.29, 1.82) is 0 Å². The minimum absolute atomic E-state index is 0.0800. The fraction of sp³-hybridized carbons (Fsp3) is 0.353. The molecular weight excluding hydrogens is 260 g/mol. The molecule has 4 nitrogen and oxygen atoms in total. The molecule has 0 bridgehead atoms. The lowest BCUT2D eigenvalue weighted by Crippen LogP contribution is -2.44. The van der Waals surface area contributed by atoms with Gasteiger partial charge in [-0.15, -0.1) is 0 Å². The highest BCUT2D eigenvalue weighted by Crippen LogP contribution is 2.43. The topological polar surface area (TPSA) is 77.0 Å². The number of nitrogens with one attached hydrogen (secondary N) is 1. The number of nitrogens with two attached hydrogens (primary N) is 2. The Bertz CT molecular complexity index is 564. The predicted octanol–water partition coefficient (Wildman–Crippen LogP) is 2.93. The summed E-state index contributed by atoms with van der Waals surface area (Å²) in [5.74, 6) is 5.91. The number of nitrogens with zero attached hydrogens (tertiary/aromatic N) is 1. The van der Waals surface area contributed by atoms with Gasteiger partial charge in [-0.05, 0) is 24.5 Å². The molecule has 2 rings (SSSR count). The number of hydrogen-bond acceptors (Lipinski definition) is 4. The molecule has 0 radical (unpaired) electrons. The summed E-state index contributed by atoms with van der Waals surface area (Å²) in [7, 11) is 0. The first-order valence-electron chi connectivity index (χ1n) is 7.40. The van der Waals surface area contributed by atoms with Gasteiger partial charge < -0.3 is 5.73 Å². The zero-order valence-electron chi connectivity index (χ0n) is 12.7. The number of benzene rings is 1. The predicted molar refractivity (Wildman–Crippen MR) is 87.4 cm³/mol. The molecular formula is C17H24N4. The van der Waals surface area contributed by atoms with Crippen molar-refractivity contribution in [2.24, 2.45) is 5.84 Å². The molecule has 112 valence electrons. The molecule has 0 aliphatic rings. The molecule has 0 aliphatic heterocycles. The molecule has 1 heterocycles. The van der Waals surface area contributed by atoms with E-state index in [0.717, 1.165) is 24.1 Å². The average molecular weight is 284 g/mol. The van der Waals surface area contributed by atoms with Crippen LogP contribution in [-0.2, 0) is 5.41 Å². The zero-order chi connectivity index (χ0) is 15.3. The van der Waals surface area contributed by atoms with Crippen molar-refractivity contribution in [3.63, 3.8) is 0 Å². The normalized spacial score (nSPS) is 13.1. The second-order valence-corrected chi connectivity index (χ2v) is 5.33. The number of rotatable bonds is 6. The summed E-state index contributed by atoms with van der Waals surface area (Å²) in [6.45, 7) is 4.38. The van der Waals surface area contributed by atoms with E-state index in [1.165, 1.54) is 5.56 Å². The van der Waals surface area contributed by atoms with Crippen LogP contribution in [0.1, 0.15) is 43.9 Å². The van der Waals surface area contributed by atoms with Gasteiger partial charge in [0.15, 0.2) is 0 Å². The van der Waals surface area contributed by atoms with Crippen LogP contribution in [0.25, 0.3) is 0 Å². The van der Waals surface area contributed by atoms with E-state index in [-0.39, 0.29) is 11.5 Å². The van der Waals surface area contributed by atoms with Gasteiger partial charge in [0.2, 0.25) is 0 Å². The van der Waals surface area contributed by atoms with Gasteiger partial charge in [0.05, 0.1) is 6.04 Å². The number of pyridine rings is 1. The van der Waals surface area contributed by atoms with Crippen LogP contribution in [-0.4, -0.2) is 4.98 Å². The van der Waals surface area contributed by atoms with E-state index in [0.29, 0.717) is 0 Å². The van der Waals surface area contributed by atoms with Crippen LogP contribution < -0.4 is 17.0 Å². The van der Waals surface area contributed by atoms with E-state index >= 15 is 0 Å². The molecule has 0 saturated heterocycles. The smallest absolute Gasteiger partial charge is 0.0591 e. The summed E-state index contributed by atoms with van der Waals surface area (Å²) in [6.07, 6.45) is 5.42. The molecule has 1 unspecified atom stereocenters. The molecule has 2 aromatic rings. The largest absolute Gasteiger partial charge is 0.398 e. The Balaban J connectivity index is 2.57. The van der Waals surface area contributed by atoms with Crippen LogP contribution in [0.4, 0.5) is 5.69 Å². The van der Waals surface area contributed by atoms with Crippen LogP contribution in [0, 0.1) is 0 Å². The van der Waals surface area contributed by atoms with Gasteiger partial charge in [0.1, 0.15) is 0 Å². The third-order valence-electron chi connectivity index (χ3n) is 4.53. The molecule has 0 fully saturated rings. The first-order chi connectivity index (χ1) is 10.2. The number of hydrazine groups is 1. The molecule has 0 spiro atoms. The molecule has 4 heteroatoms. The van der Waals surface area contributed by atoms with Crippen molar-refractivity contribution in [2.75, 3.05) is 5.73 Å². The Morgan fingerprint density at radius 2 is 1.81 bits per heavy atom. The average Bonchev–Trinajstić information content (AvgIpc) is 2.55. The molecule has 1 aromatic carbocycles. The minimum atomic E-state index is -0.118. The maximum absolute atomic E-state index is 6.15. The molecule has 1 aromatic heterocycles. The molecule has 5 N–H and O–H groups in total. The Morgan fingerprint density at radius 1 is 1.14 bits per heavy atom. The SMILES string of the molecule is CCC(CC)(c1ccccc1)C(NN)c1cnccc1N. The summed E-state index contributed by atoms with van der Waals surface area (Å²) >= 11 is 0. The van der Waals surface area contributed by atoms with Gasteiger partial charge in [-0.3, -0.25) is 16.3 Å². The van der Waals surface area contributed by atoms with E-state index in [2.05, 4.69) is 48.5 Å². The van der Waals surface area contributed by atoms with Gasteiger partial charge in [-0.1, -0.05) is 44.2 Å². The lowest BCUT2D eigenvalue weighted by atomic mass is 9.68. The van der Waals surface area contributed by atoms with Crippen LogP contribution in [0.5, 0.6) is 0 Å². The minimum Gasteiger partial charge on any atom is -0.398 e. The maximum atomic E-state index is 6.15. The second kappa shape index (κ2) is 6.70. The Hall–Kier alpha value is -1.91. The zero-order valence-corrected chi connectivity index (χ0v) is 12.7. The Kier molecular flexibility index (Phi) is 4.94. The number of hydrogen-bond donors (Lipinski definition) is 3. The molecule has 21 heavy (non-hydrogen) atoms. The molecule has 0 aliphatic carbocycles. The van der Waals surface area contributed by atoms with E-state index in [1.807, 2.05) is 18.3 Å². The standard InChI is InChI=1S/C17H24N4/c1-3-17(4-2,13-8-6-5-7-9-13)16(21-19)14-12-20-11-10-15(14)18/h5-12,16,21H,3-4,19H2,1-2H3,(H2,18,20). The number of aromatic nitrogens is 1. The monoisotopic (exact) mass is 284 g/mol. The number of anilines is 1. The van der Waals surface area contributed by atoms with Crippen LogP contribution in [0.2, 0.25) is 0 Å². The first kappa shape index (κ1) is 15.5. The van der Waals surface area contributed by atoms with Crippen LogP contribution in [0.3, 0.4) is 0 Å². The summed E-state index contributed by atoms with van der Waals surface area (Å²) in [5.41, 5.74) is 11.9. The van der Waals surface area contributed by atoms with Gasteiger partial charge in [0.25, 0.3) is 0 Å². The van der Waals surface area contributed by atoms with Crippen molar-refractivity contribution in [3.8, 4) is 0 Å². The van der Waals surface area contributed by atoms with Crippen LogP contribution in [0.15, 0.2) is 48.8 Å². The summed E-state index contributed by atoms with van der Waals surface area (Å²) in [6, 6.07) is 12.2. The van der Waals surface area contributed by atoms with E-state index in [9.17, 15) is 0 Å². The third-order valence-corrected chi connectivity index (χ3v) is 4.53. The highest BCUT2D eigenvalue weighted by atomic mass is 15.2. The van der Waals surface area contributed by atoms with E-state index in [1.54, 1.807) is 6.20 Å². The van der Waals surface area contributed by atoms with Gasteiger partial charge >= 0.3 is 0 Å². The fourth-order valence-electron chi connectivity index (χ4n) is 3.21. The van der Waals surface area contributed by atoms with Gasteiger partial charge in [0, 0.05) is 29.1 Å². The lowest BCUT2D eigenvalue weighted by Gasteiger charge is -2.40.